The van der Waals surface area contributed by atoms with Gasteiger partial charge in [-0.05, 0) is 55.0 Å². The molecule has 0 fully saturated rings. The Hall–Kier alpha value is -3.92. The van der Waals surface area contributed by atoms with Gasteiger partial charge in [0.2, 0.25) is 5.91 Å². The summed E-state index contributed by atoms with van der Waals surface area (Å²) in [5.74, 6) is -1.49. The molecule has 10 heteroatoms. The van der Waals surface area contributed by atoms with Crippen molar-refractivity contribution < 1.29 is 27.1 Å². The molecule has 35 heavy (non-hydrogen) atoms. The third-order valence-corrected chi connectivity index (χ3v) is 6.81. The first-order valence-electron chi connectivity index (χ1n) is 10.9. The number of halogens is 1. The minimum atomic E-state index is -4.33. The summed E-state index contributed by atoms with van der Waals surface area (Å²) >= 11 is 0. The highest BCUT2D eigenvalue weighted by molar-refractivity contribution is 7.92. The van der Waals surface area contributed by atoms with Crippen LogP contribution in [-0.4, -0.2) is 40.4 Å². The van der Waals surface area contributed by atoms with Crippen molar-refractivity contribution in [2.24, 2.45) is 0 Å². The zero-order valence-corrected chi connectivity index (χ0v) is 20.1. The van der Waals surface area contributed by atoms with Gasteiger partial charge in [0.25, 0.3) is 15.9 Å². The quantitative estimate of drug-likeness (QED) is 0.442. The Balaban J connectivity index is 1.93. The van der Waals surface area contributed by atoms with Crippen molar-refractivity contribution in [3.05, 3.63) is 84.2 Å². The highest BCUT2D eigenvalue weighted by atomic mass is 32.2. The van der Waals surface area contributed by atoms with Gasteiger partial charge in [0, 0.05) is 6.54 Å². The number of carbonyl (C=O) groups excluding carboxylic acids is 2. The molecule has 0 heterocycles. The number of anilines is 2. The minimum absolute atomic E-state index is 0.145. The predicted octanol–water partition coefficient (Wildman–Crippen LogP) is 3.81. The van der Waals surface area contributed by atoms with Crippen LogP contribution in [0.2, 0.25) is 0 Å². The van der Waals surface area contributed by atoms with Crippen molar-refractivity contribution in [3.63, 3.8) is 0 Å². The minimum Gasteiger partial charge on any atom is -0.497 e. The van der Waals surface area contributed by atoms with E-state index in [0.717, 1.165) is 12.5 Å². The van der Waals surface area contributed by atoms with Crippen molar-refractivity contribution in [1.29, 1.82) is 0 Å². The summed E-state index contributed by atoms with van der Waals surface area (Å²) in [4.78, 5) is 25.3. The van der Waals surface area contributed by atoms with E-state index in [1.807, 2.05) is 6.92 Å². The number of benzene rings is 3. The highest BCUT2D eigenvalue weighted by Gasteiger charge is 2.29. The monoisotopic (exact) mass is 499 g/mol. The lowest BCUT2D eigenvalue weighted by Gasteiger charge is -2.24. The largest absolute Gasteiger partial charge is 0.497 e. The van der Waals surface area contributed by atoms with E-state index in [9.17, 15) is 22.4 Å². The van der Waals surface area contributed by atoms with Crippen molar-refractivity contribution in [3.8, 4) is 5.75 Å². The summed E-state index contributed by atoms with van der Waals surface area (Å²) in [5.41, 5.74) is 0.152. The van der Waals surface area contributed by atoms with Crippen LogP contribution in [0.25, 0.3) is 0 Å². The van der Waals surface area contributed by atoms with Gasteiger partial charge in [-0.3, -0.25) is 13.9 Å². The summed E-state index contributed by atoms with van der Waals surface area (Å²) in [6.45, 7) is 1.65. The first-order valence-corrected chi connectivity index (χ1v) is 12.3. The second-order valence-corrected chi connectivity index (χ2v) is 9.35. The average molecular weight is 500 g/mol. The number of nitrogens with zero attached hydrogens (tertiary/aromatic N) is 1. The molecule has 0 aromatic heterocycles. The van der Waals surface area contributed by atoms with Crippen molar-refractivity contribution in [2.75, 3.05) is 29.8 Å². The maximum absolute atomic E-state index is 14.7. The van der Waals surface area contributed by atoms with Crippen molar-refractivity contribution >= 4 is 33.2 Å². The van der Waals surface area contributed by atoms with Crippen LogP contribution >= 0.6 is 0 Å². The summed E-state index contributed by atoms with van der Waals surface area (Å²) in [5, 5.41) is 5.32. The Morgan fingerprint density at radius 3 is 2.29 bits per heavy atom. The zero-order chi connectivity index (χ0) is 25.4. The third kappa shape index (κ3) is 6.15. The fourth-order valence-corrected chi connectivity index (χ4v) is 4.70. The Morgan fingerprint density at radius 1 is 0.971 bits per heavy atom. The molecule has 0 saturated carbocycles. The van der Waals surface area contributed by atoms with Crippen molar-refractivity contribution in [2.45, 2.75) is 18.2 Å². The molecule has 3 aromatic carbocycles. The van der Waals surface area contributed by atoms with E-state index in [0.29, 0.717) is 16.6 Å². The average Bonchev–Trinajstić information content (AvgIpc) is 2.86. The SMILES string of the molecule is CCCNC(=O)c1ccccc1NC(=O)CN(c1ccccc1F)S(=O)(=O)c1ccc(OC)cc1. The van der Waals surface area contributed by atoms with E-state index in [1.165, 1.54) is 55.6 Å². The number of ether oxygens (including phenoxy) is 1. The fourth-order valence-electron chi connectivity index (χ4n) is 3.27. The molecule has 184 valence electrons. The van der Waals surface area contributed by atoms with Gasteiger partial charge in [-0.25, -0.2) is 12.8 Å². The molecule has 0 saturated heterocycles. The summed E-state index contributed by atoms with van der Waals surface area (Å²) in [6.07, 6.45) is 0.737. The van der Waals surface area contributed by atoms with Crippen LogP contribution in [-0.2, 0) is 14.8 Å². The van der Waals surface area contributed by atoms with Gasteiger partial charge < -0.3 is 15.4 Å². The van der Waals surface area contributed by atoms with E-state index in [2.05, 4.69) is 10.6 Å². The van der Waals surface area contributed by atoms with Gasteiger partial charge >= 0.3 is 0 Å². The van der Waals surface area contributed by atoms with Crippen molar-refractivity contribution in [1.82, 2.24) is 5.32 Å². The van der Waals surface area contributed by atoms with E-state index < -0.39 is 28.3 Å². The van der Waals surface area contributed by atoms with E-state index in [4.69, 9.17) is 4.74 Å². The summed E-state index contributed by atoms with van der Waals surface area (Å²) < 4.78 is 47.3. The number of hydrogen-bond donors (Lipinski definition) is 2. The molecule has 0 aliphatic carbocycles. The van der Waals surface area contributed by atoms with Gasteiger partial charge in [-0.1, -0.05) is 31.2 Å². The van der Waals surface area contributed by atoms with Crippen LogP contribution in [0, 0.1) is 5.82 Å². The molecular formula is C25H26FN3O5S. The van der Waals surface area contributed by atoms with Crippen LogP contribution < -0.4 is 19.7 Å². The van der Waals surface area contributed by atoms with E-state index >= 15 is 0 Å². The number of nitrogens with one attached hydrogen (secondary N) is 2. The predicted molar refractivity (Wildman–Crippen MR) is 132 cm³/mol. The lowest BCUT2D eigenvalue weighted by Crippen LogP contribution is -2.39. The molecule has 8 nitrogen and oxygen atoms in total. The first-order chi connectivity index (χ1) is 16.8. The molecule has 0 aliphatic rings. The van der Waals surface area contributed by atoms with Gasteiger partial charge in [-0.15, -0.1) is 0 Å². The third-order valence-electron chi connectivity index (χ3n) is 5.04. The zero-order valence-electron chi connectivity index (χ0n) is 19.3. The molecular weight excluding hydrogens is 473 g/mol. The number of hydrogen-bond acceptors (Lipinski definition) is 5. The molecule has 0 atom stereocenters. The van der Waals surface area contributed by atoms with Crippen LogP contribution in [0.4, 0.5) is 15.8 Å². The van der Waals surface area contributed by atoms with Crippen LogP contribution in [0.3, 0.4) is 0 Å². The van der Waals surface area contributed by atoms with Crippen LogP contribution in [0.15, 0.2) is 77.7 Å². The van der Waals surface area contributed by atoms with E-state index in [1.54, 1.807) is 18.2 Å². The molecule has 3 aromatic rings. The van der Waals surface area contributed by atoms with Gasteiger partial charge in [-0.2, -0.15) is 0 Å². The Bertz CT molecular complexity index is 1300. The summed E-state index contributed by atoms with van der Waals surface area (Å²) in [7, 11) is -2.89. The number of rotatable bonds is 10. The number of sulfonamides is 1. The molecule has 0 spiro atoms. The first kappa shape index (κ1) is 25.7. The summed E-state index contributed by atoms with van der Waals surface area (Å²) in [6, 6.07) is 17.2. The van der Waals surface area contributed by atoms with Crippen LogP contribution in [0.5, 0.6) is 5.75 Å². The topological polar surface area (TPSA) is 105 Å². The molecule has 3 rings (SSSR count). The lowest BCUT2D eigenvalue weighted by molar-refractivity contribution is -0.114. The number of amides is 2. The van der Waals surface area contributed by atoms with Gasteiger partial charge in [0.05, 0.1) is 28.9 Å². The molecule has 0 bridgehead atoms. The second kappa shape index (κ2) is 11.5. The number of carbonyl (C=O) groups is 2. The maximum Gasteiger partial charge on any atom is 0.264 e. The Labute approximate surface area is 203 Å². The Morgan fingerprint density at radius 2 is 1.63 bits per heavy atom. The smallest absolute Gasteiger partial charge is 0.264 e. The molecule has 0 radical (unpaired) electrons. The number of para-hydroxylation sites is 2. The van der Waals surface area contributed by atoms with Gasteiger partial charge in [0.1, 0.15) is 18.1 Å². The van der Waals surface area contributed by atoms with E-state index in [-0.39, 0.29) is 27.7 Å². The highest BCUT2D eigenvalue weighted by Crippen LogP contribution is 2.27. The number of methoxy groups -OCH3 is 1. The normalized spacial score (nSPS) is 10.9. The standard InChI is InChI=1S/C25H26FN3O5S/c1-3-16-27-25(31)20-8-4-6-10-22(20)28-24(30)17-29(23-11-7-5-9-21(23)26)35(32,33)19-14-12-18(34-2)13-15-19/h4-15H,3,16-17H2,1-2H3,(H,27,31)(H,28,30). The lowest BCUT2D eigenvalue weighted by atomic mass is 10.1. The molecule has 2 N–H and O–H groups in total. The maximum atomic E-state index is 14.7. The second-order valence-electron chi connectivity index (χ2n) is 7.49. The molecule has 0 aliphatic heterocycles. The van der Waals surface area contributed by atoms with Crippen LogP contribution in [0.1, 0.15) is 23.7 Å². The van der Waals surface area contributed by atoms with Gasteiger partial charge in [0.15, 0.2) is 0 Å². The Kier molecular flexibility index (Phi) is 8.43. The molecule has 2 amide bonds. The molecule has 0 unspecified atom stereocenters. The fraction of sp³-hybridized carbons (Fsp3) is 0.200.